The first-order valence-corrected chi connectivity index (χ1v) is 9.21. The molecule has 0 saturated carbocycles. The van der Waals surface area contributed by atoms with Crippen molar-refractivity contribution < 1.29 is 4.79 Å². The molecule has 2 bridgehead atoms. The van der Waals surface area contributed by atoms with Gasteiger partial charge in [-0.25, -0.2) is 0 Å². The van der Waals surface area contributed by atoms with Crippen molar-refractivity contribution in [2.45, 2.75) is 6.42 Å². The lowest BCUT2D eigenvalue weighted by Crippen LogP contribution is -2.06. The zero-order valence-corrected chi connectivity index (χ0v) is 14.7. The fraction of sp³-hybridized carbons (Fsp3) is 0.136. The van der Waals surface area contributed by atoms with Crippen LogP contribution in [0.1, 0.15) is 22.3 Å². The Labute approximate surface area is 154 Å². The molecule has 0 fully saturated rings. The maximum absolute atomic E-state index is 13.3. The van der Waals surface area contributed by atoms with E-state index in [-0.39, 0.29) is 11.7 Å². The van der Waals surface area contributed by atoms with Crippen molar-refractivity contribution in [3.8, 4) is 0 Å². The molecular weight excluding hydrogens is 351 g/mol. The van der Waals surface area contributed by atoms with Gasteiger partial charge in [-0.1, -0.05) is 47.5 Å². The summed E-state index contributed by atoms with van der Waals surface area (Å²) in [6.45, 7) is 0. The van der Waals surface area contributed by atoms with Gasteiger partial charge >= 0.3 is 0 Å². The molecule has 3 aromatic carbocycles. The van der Waals surface area contributed by atoms with E-state index in [1.807, 2.05) is 30.3 Å². The van der Waals surface area contributed by atoms with E-state index in [2.05, 4.69) is 18.2 Å². The lowest BCUT2D eigenvalue weighted by atomic mass is 9.87. The smallest absolute Gasteiger partial charge is 0.191 e. The standard InChI is InChI=1S/C22H12Cl2O/c23-12-3-5-14-16(8-12)17-9-13(24)4-6-15(17)21-20(14)18-10-1-2-11(7-10)19(18)22(21)25/h1-6,8-11H,7H2. The molecule has 2 unspecified atom stereocenters. The molecule has 25 heavy (non-hydrogen) atoms. The maximum Gasteiger partial charge on any atom is 0.191 e. The SMILES string of the molecule is O=C1C2=C(c3c1c1ccc(Cl)cc1c1cc(Cl)ccc31)C1C=CC2C1. The average molecular weight is 363 g/mol. The van der Waals surface area contributed by atoms with Crippen LogP contribution in [0.15, 0.2) is 54.1 Å². The third-order valence-corrected chi connectivity index (χ3v) is 6.37. The van der Waals surface area contributed by atoms with Crippen molar-refractivity contribution in [3.63, 3.8) is 0 Å². The molecule has 3 aliphatic carbocycles. The Bertz CT molecular complexity index is 1220. The topological polar surface area (TPSA) is 17.1 Å². The third-order valence-electron chi connectivity index (χ3n) is 5.90. The van der Waals surface area contributed by atoms with E-state index < -0.39 is 0 Å². The highest BCUT2D eigenvalue weighted by Gasteiger charge is 2.46. The fourth-order valence-corrected chi connectivity index (χ4v) is 5.32. The third kappa shape index (κ3) is 1.63. The molecule has 0 radical (unpaired) electrons. The summed E-state index contributed by atoms with van der Waals surface area (Å²) in [5, 5.41) is 5.51. The van der Waals surface area contributed by atoms with Gasteiger partial charge in [0.2, 0.25) is 0 Å². The van der Waals surface area contributed by atoms with Gasteiger partial charge in [0, 0.05) is 33.0 Å². The van der Waals surface area contributed by atoms with Gasteiger partial charge in [0.05, 0.1) is 0 Å². The summed E-state index contributed by atoms with van der Waals surface area (Å²) in [5.74, 6) is 0.851. The zero-order valence-electron chi connectivity index (χ0n) is 13.1. The first-order chi connectivity index (χ1) is 12.1. The molecule has 0 spiro atoms. The lowest BCUT2D eigenvalue weighted by Gasteiger charge is -2.16. The van der Waals surface area contributed by atoms with Gasteiger partial charge in [0.25, 0.3) is 0 Å². The second-order valence-corrected chi connectivity index (χ2v) is 7.99. The molecule has 120 valence electrons. The van der Waals surface area contributed by atoms with Crippen LogP contribution in [-0.4, -0.2) is 5.78 Å². The number of carbonyl (C=O) groups is 1. The molecule has 3 heteroatoms. The van der Waals surface area contributed by atoms with E-state index in [0.717, 1.165) is 44.7 Å². The molecule has 1 nitrogen and oxygen atoms in total. The van der Waals surface area contributed by atoms with Crippen molar-refractivity contribution in [3.05, 3.63) is 75.3 Å². The number of hydrogen-bond acceptors (Lipinski definition) is 1. The van der Waals surface area contributed by atoms with Gasteiger partial charge < -0.3 is 0 Å². The lowest BCUT2D eigenvalue weighted by molar-refractivity contribution is 0.103. The van der Waals surface area contributed by atoms with Crippen LogP contribution in [0.3, 0.4) is 0 Å². The van der Waals surface area contributed by atoms with Gasteiger partial charge in [0.15, 0.2) is 5.78 Å². The Morgan fingerprint density at radius 3 is 1.92 bits per heavy atom. The second-order valence-electron chi connectivity index (χ2n) is 7.12. The highest BCUT2D eigenvalue weighted by Crippen LogP contribution is 2.56. The van der Waals surface area contributed by atoms with E-state index in [1.54, 1.807) is 0 Å². The summed E-state index contributed by atoms with van der Waals surface area (Å²) in [7, 11) is 0. The van der Waals surface area contributed by atoms with E-state index in [9.17, 15) is 4.79 Å². The molecule has 0 saturated heterocycles. The van der Waals surface area contributed by atoms with Crippen LogP contribution < -0.4 is 0 Å². The van der Waals surface area contributed by atoms with E-state index in [4.69, 9.17) is 23.2 Å². The Morgan fingerprint density at radius 1 is 0.720 bits per heavy atom. The van der Waals surface area contributed by atoms with Crippen molar-refractivity contribution in [2.75, 3.05) is 0 Å². The van der Waals surface area contributed by atoms with Crippen LogP contribution in [0.2, 0.25) is 10.0 Å². The van der Waals surface area contributed by atoms with E-state index >= 15 is 0 Å². The fourth-order valence-electron chi connectivity index (χ4n) is 4.97. The minimum atomic E-state index is 0.200. The number of carbonyl (C=O) groups excluding carboxylic acids is 1. The quantitative estimate of drug-likeness (QED) is 0.331. The summed E-state index contributed by atoms with van der Waals surface area (Å²) in [6.07, 6.45) is 5.51. The summed E-state index contributed by atoms with van der Waals surface area (Å²) in [5.41, 5.74) is 4.24. The first kappa shape index (κ1) is 14.1. The second kappa shape index (κ2) is 4.55. The van der Waals surface area contributed by atoms with Crippen molar-refractivity contribution in [2.24, 2.45) is 11.8 Å². The largest absolute Gasteiger partial charge is 0.289 e. The molecule has 0 aromatic heterocycles. The van der Waals surface area contributed by atoms with Gasteiger partial charge in [-0.3, -0.25) is 4.79 Å². The molecule has 0 aliphatic heterocycles. The maximum atomic E-state index is 13.3. The highest BCUT2D eigenvalue weighted by atomic mass is 35.5. The Balaban J connectivity index is 1.85. The molecule has 2 atom stereocenters. The normalized spacial score (nSPS) is 23.2. The highest BCUT2D eigenvalue weighted by molar-refractivity contribution is 6.37. The average Bonchev–Trinajstić information content (AvgIpc) is 3.28. The Hall–Kier alpha value is -2.09. The van der Waals surface area contributed by atoms with Gasteiger partial charge in [-0.05, 0) is 63.4 Å². The minimum Gasteiger partial charge on any atom is -0.289 e. The number of benzene rings is 3. The number of halogens is 2. The number of fused-ring (bicyclic) bond motifs is 11. The number of Topliss-reactive ketones (excluding diaryl/α,β-unsaturated/α-hetero) is 1. The van der Waals surface area contributed by atoms with Gasteiger partial charge in [-0.15, -0.1) is 0 Å². The predicted molar refractivity (Wildman–Crippen MR) is 103 cm³/mol. The van der Waals surface area contributed by atoms with E-state index in [1.165, 1.54) is 5.57 Å². The predicted octanol–water partition coefficient (Wildman–Crippen LogP) is 6.46. The number of ketones is 1. The zero-order chi connectivity index (χ0) is 16.9. The molecule has 3 aromatic rings. The number of rotatable bonds is 0. The molecule has 3 aliphatic rings. The van der Waals surface area contributed by atoms with Crippen LogP contribution in [0.4, 0.5) is 0 Å². The van der Waals surface area contributed by atoms with Gasteiger partial charge in [0.1, 0.15) is 0 Å². The van der Waals surface area contributed by atoms with E-state index in [0.29, 0.717) is 16.0 Å². The number of allylic oxidation sites excluding steroid dienone is 4. The van der Waals surface area contributed by atoms with Crippen LogP contribution in [0.25, 0.3) is 27.1 Å². The van der Waals surface area contributed by atoms with Crippen molar-refractivity contribution in [1.82, 2.24) is 0 Å². The molecule has 0 amide bonds. The number of hydrogen-bond donors (Lipinski definition) is 0. The van der Waals surface area contributed by atoms with Crippen LogP contribution >= 0.6 is 23.2 Å². The van der Waals surface area contributed by atoms with Gasteiger partial charge in [-0.2, -0.15) is 0 Å². The molecular formula is C22H12Cl2O. The first-order valence-electron chi connectivity index (χ1n) is 8.45. The molecule has 0 N–H and O–H groups in total. The summed E-state index contributed by atoms with van der Waals surface area (Å²) >= 11 is 12.5. The minimum absolute atomic E-state index is 0.200. The van der Waals surface area contributed by atoms with Crippen LogP contribution in [0.5, 0.6) is 0 Å². The van der Waals surface area contributed by atoms with Crippen LogP contribution in [-0.2, 0) is 0 Å². The summed E-state index contributed by atoms with van der Waals surface area (Å²) < 4.78 is 0. The Kier molecular flexibility index (Phi) is 2.57. The monoisotopic (exact) mass is 362 g/mol. The molecule has 0 heterocycles. The van der Waals surface area contributed by atoms with Crippen LogP contribution in [0, 0.1) is 11.8 Å². The van der Waals surface area contributed by atoms with Crippen molar-refractivity contribution >= 4 is 56.1 Å². The Morgan fingerprint density at radius 2 is 1.28 bits per heavy atom. The summed E-state index contributed by atoms with van der Waals surface area (Å²) in [6, 6.07) is 11.7. The molecule has 6 rings (SSSR count). The summed E-state index contributed by atoms with van der Waals surface area (Å²) in [4.78, 5) is 13.3. The van der Waals surface area contributed by atoms with Crippen molar-refractivity contribution in [1.29, 1.82) is 0 Å².